The summed E-state index contributed by atoms with van der Waals surface area (Å²) in [7, 11) is 0. The first kappa shape index (κ1) is 13.8. The number of nitrogens with one attached hydrogen (secondary N) is 1. The van der Waals surface area contributed by atoms with Gasteiger partial charge in [-0.1, -0.05) is 46.3 Å². The number of rotatable bonds is 4. The van der Waals surface area contributed by atoms with Crippen LogP contribution in [0.15, 0.2) is 36.4 Å². The molecule has 1 amide bonds. The van der Waals surface area contributed by atoms with Gasteiger partial charge in [-0.15, -0.1) is 11.3 Å². The molecule has 2 aromatic rings. The van der Waals surface area contributed by atoms with E-state index in [0.717, 1.165) is 23.3 Å². The van der Waals surface area contributed by atoms with Crippen LogP contribution in [-0.2, 0) is 12.8 Å². The smallest absolute Gasteiger partial charge is 0.261 e. The number of fused-ring (bicyclic) bond motifs is 1. The molecule has 2 nitrogen and oxygen atoms in total. The summed E-state index contributed by atoms with van der Waals surface area (Å²) in [5.74, 6) is 0.0395. The van der Waals surface area contributed by atoms with Gasteiger partial charge in [-0.25, -0.2) is 0 Å². The number of hydrogen-bond donors (Lipinski definition) is 1. The lowest BCUT2D eigenvalue weighted by molar-refractivity contribution is 0.0945. The third-order valence-corrected chi connectivity index (χ3v) is 5.52. The maximum atomic E-state index is 12.4. The number of carbonyl (C=O) groups is 1. The van der Waals surface area contributed by atoms with Crippen molar-refractivity contribution in [3.05, 3.63) is 57.3 Å². The zero-order valence-corrected chi connectivity index (χ0v) is 13.5. The van der Waals surface area contributed by atoms with E-state index < -0.39 is 0 Å². The Hall–Kier alpha value is -1.13. The van der Waals surface area contributed by atoms with E-state index >= 15 is 0 Å². The summed E-state index contributed by atoms with van der Waals surface area (Å²) < 4.78 is 0. The number of aryl methyl sites for hydroxylation is 2. The van der Waals surface area contributed by atoms with Crippen LogP contribution in [0.25, 0.3) is 0 Å². The number of hydrogen-bond acceptors (Lipinski definition) is 2. The molecule has 0 radical (unpaired) electrons. The summed E-state index contributed by atoms with van der Waals surface area (Å²) in [6.45, 7) is 0. The van der Waals surface area contributed by atoms with Crippen molar-refractivity contribution in [3.8, 4) is 0 Å². The van der Waals surface area contributed by atoms with Gasteiger partial charge in [0.1, 0.15) is 0 Å². The average Bonchev–Trinajstić information content (AvgIpc) is 3.06. The van der Waals surface area contributed by atoms with Crippen molar-refractivity contribution in [2.24, 2.45) is 0 Å². The largest absolute Gasteiger partial charge is 0.344 e. The minimum atomic E-state index is 0.0145. The second-order valence-corrected chi connectivity index (χ2v) is 6.79. The topological polar surface area (TPSA) is 29.1 Å². The van der Waals surface area contributed by atoms with Crippen LogP contribution < -0.4 is 5.32 Å². The molecule has 1 aliphatic rings. The molecule has 1 aromatic carbocycles. The Balaban J connectivity index is 1.74. The van der Waals surface area contributed by atoms with Crippen molar-refractivity contribution in [2.75, 3.05) is 5.33 Å². The molecule has 4 heteroatoms. The van der Waals surface area contributed by atoms with Crippen LogP contribution in [0.1, 0.15) is 38.1 Å². The second kappa shape index (κ2) is 6.10. The number of thiophene rings is 1. The van der Waals surface area contributed by atoms with Gasteiger partial charge in [-0.05, 0) is 36.5 Å². The van der Waals surface area contributed by atoms with Gasteiger partial charge < -0.3 is 5.32 Å². The molecule has 0 bridgehead atoms. The quantitative estimate of drug-likeness (QED) is 0.827. The molecule has 3 rings (SSSR count). The molecule has 1 N–H and O–H groups in total. The van der Waals surface area contributed by atoms with Crippen molar-refractivity contribution in [1.29, 1.82) is 0 Å². The minimum absolute atomic E-state index is 0.0145. The molecule has 0 fully saturated rings. The highest BCUT2D eigenvalue weighted by Crippen LogP contribution is 2.30. The van der Waals surface area contributed by atoms with Crippen LogP contribution in [0.3, 0.4) is 0 Å². The highest BCUT2D eigenvalue weighted by atomic mass is 79.9. The van der Waals surface area contributed by atoms with Crippen LogP contribution in [-0.4, -0.2) is 11.2 Å². The molecule has 1 atom stereocenters. The van der Waals surface area contributed by atoms with Gasteiger partial charge in [-0.3, -0.25) is 4.79 Å². The first-order valence-electron chi connectivity index (χ1n) is 6.81. The molecule has 0 saturated carbocycles. The van der Waals surface area contributed by atoms with E-state index in [0.29, 0.717) is 5.33 Å². The maximum Gasteiger partial charge on any atom is 0.261 e. The molecule has 0 saturated heterocycles. The van der Waals surface area contributed by atoms with Crippen LogP contribution in [0, 0.1) is 0 Å². The van der Waals surface area contributed by atoms with Crippen molar-refractivity contribution in [3.63, 3.8) is 0 Å². The molecule has 1 aromatic heterocycles. The van der Waals surface area contributed by atoms with Crippen molar-refractivity contribution in [2.45, 2.75) is 25.3 Å². The molecule has 1 unspecified atom stereocenters. The summed E-state index contributed by atoms with van der Waals surface area (Å²) in [5.41, 5.74) is 2.50. The average molecular weight is 350 g/mol. The zero-order chi connectivity index (χ0) is 13.9. The first-order valence-corrected chi connectivity index (χ1v) is 8.75. The standard InChI is InChI=1S/C16H16BrNOS/c17-10-13(11-5-2-1-3-6-11)18-16(19)15-9-12-7-4-8-14(12)20-15/h1-3,5-6,9,13H,4,7-8,10H2,(H,18,19). The predicted octanol–water partition coefficient (Wildman–Crippen LogP) is 4.10. The van der Waals surface area contributed by atoms with E-state index in [9.17, 15) is 4.79 Å². The van der Waals surface area contributed by atoms with Crippen LogP contribution in [0.2, 0.25) is 0 Å². The van der Waals surface area contributed by atoms with Gasteiger partial charge in [0, 0.05) is 10.2 Å². The zero-order valence-electron chi connectivity index (χ0n) is 11.1. The minimum Gasteiger partial charge on any atom is -0.344 e. The van der Waals surface area contributed by atoms with Crippen molar-refractivity contribution >= 4 is 33.2 Å². The van der Waals surface area contributed by atoms with E-state index in [1.54, 1.807) is 11.3 Å². The van der Waals surface area contributed by atoms with Gasteiger partial charge in [0.05, 0.1) is 10.9 Å². The molecule has 0 spiro atoms. The van der Waals surface area contributed by atoms with Crippen molar-refractivity contribution < 1.29 is 4.79 Å². The summed E-state index contributed by atoms with van der Waals surface area (Å²) in [6.07, 6.45) is 3.49. The summed E-state index contributed by atoms with van der Waals surface area (Å²) in [4.78, 5) is 14.6. The Kier molecular flexibility index (Phi) is 4.22. The monoisotopic (exact) mass is 349 g/mol. The van der Waals surface area contributed by atoms with Gasteiger partial charge >= 0.3 is 0 Å². The van der Waals surface area contributed by atoms with Crippen LogP contribution in [0.5, 0.6) is 0 Å². The van der Waals surface area contributed by atoms with E-state index in [1.807, 2.05) is 30.3 Å². The molecular weight excluding hydrogens is 334 g/mol. The highest BCUT2D eigenvalue weighted by Gasteiger charge is 2.20. The predicted molar refractivity (Wildman–Crippen MR) is 86.8 cm³/mol. The number of alkyl halides is 1. The van der Waals surface area contributed by atoms with E-state index in [2.05, 4.69) is 27.3 Å². The lowest BCUT2D eigenvalue weighted by Gasteiger charge is -2.16. The Bertz CT molecular complexity index is 587. The second-order valence-electron chi connectivity index (χ2n) is 5.00. The lowest BCUT2D eigenvalue weighted by Crippen LogP contribution is -2.28. The highest BCUT2D eigenvalue weighted by molar-refractivity contribution is 9.09. The number of benzene rings is 1. The molecular formula is C16H16BrNOS. The van der Waals surface area contributed by atoms with Gasteiger partial charge in [0.25, 0.3) is 5.91 Å². The SMILES string of the molecule is O=C(NC(CBr)c1ccccc1)c1cc2c(s1)CCC2. The van der Waals surface area contributed by atoms with Crippen molar-refractivity contribution in [1.82, 2.24) is 5.32 Å². The third-order valence-electron chi connectivity index (χ3n) is 3.63. The number of halogens is 1. The fourth-order valence-corrected chi connectivity index (χ4v) is 4.26. The third kappa shape index (κ3) is 2.81. The molecule has 0 aliphatic heterocycles. The van der Waals surface area contributed by atoms with Gasteiger partial charge in [0.2, 0.25) is 0 Å². The van der Waals surface area contributed by atoms with Gasteiger partial charge in [-0.2, -0.15) is 0 Å². The van der Waals surface area contributed by atoms with E-state index in [-0.39, 0.29) is 11.9 Å². The van der Waals surface area contributed by atoms with Gasteiger partial charge in [0.15, 0.2) is 0 Å². The maximum absolute atomic E-state index is 12.4. The Morgan fingerprint density at radius 1 is 1.30 bits per heavy atom. The lowest BCUT2D eigenvalue weighted by atomic mass is 10.1. The molecule has 1 heterocycles. The van der Waals surface area contributed by atoms with Crippen LogP contribution >= 0.6 is 27.3 Å². The molecule has 104 valence electrons. The normalized spacial score (nSPS) is 14.8. The van der Waals surface area contributed by atoms with Crippen LogP contribution in [0.4, 0.5) is 0 Å². The molecule has 1 aliphatic carbocycles. The Morgan fingerprint density at radius 2 is 2.10 bits per heavy atom. The summed E-state index contributed by atoms with van der Waals surface area (Å²) in [6, 6.07) is 12.1. The first-order chi connectivity index (χ1) is 9.78. The number of amides is 1. The van der Waals surface area contributed by atoms with E-state index in [4.69, 9.17) is 0 Å². The van der Waals surface area contributed by atoms with E-state index in [1.165, 1.54) is 16.9 Å². The fraction of sp³-hybridized carbons (Fsp3) is 0.312. The fourth-order valence-electron chi connectivity index (χ4n) is 2.57. The number of carbonyl (C=O) groups excluding carboxylic acids is 1. The summed E-state index contributed by atoms with van der Waals surface area (Å²) >= 11 is 5.14. The molecule has 20 heavy (non-hydrogen) atoms. The Labute approximate surface area is 131 Å². The Morgan fingerprint density at radius 3 is 2.80 bits per heavy atom. The summed E-state index contributed by atoms with van der Waals surface area (Å²) in [5, 5.41) is 3.83.